The first-order valence-electron chi connectivity index (χ1n) is 5.56. The van der Waals surface area contributed by atoms with Crippen molar-refractivity contribution in [3.8, 4) is 6.07 Å². The van der Waals surface area contributed by atoms with Crippen molar-refractivity contribution in [2.24, 2.45) is 0 Å². The Morgan fingerprint density at radius 2 is 2.06 bits per heavy atom. The highest BCUT2D eigenvalue weighted by Crippen LogP contribution is 2.14. The fourth-order valence-electron chi connectivity index (χ4n) is 1.62. The summed E-state index contributed by atoms with van der Waals surface area (Å²) in [7, 11) is 0. The van der Waals surface area contributed by atoms with Crippen molar-refractivity contribution in [1.82, 2.24) is 5.32 Å². The molecule has 2 aromatic rings. The van der Waals surface area contributed by atoms with Gasteiger partial charge in [0.25, 0.3) is 0 Å². The molecule has 0 radical (unpaired) electrons. The Labute approximate surface area is 105 Å². The summed E-state index contributed by atoms with van der Waals surface area (Å²) in [6, 6.07) is 14.5. The Bertz CT molecular complexity index is 541. The van der Waals surface area contributed by atoms with E-state index in [0.29, 0.717) is 11.3 Å². The average Bonchev–Trinajstić information content (AvgIpc) is 2.92. The Balaban J connectivity index is 2.01. The topological polar surface area (TPSA) is 66.0 Å². The summed E-state index contributed by atoms with van der Waals surface area (Å²) >= 11 is 0. The number of hydrogen-bond acceptors (Lipinski definition) is 3. The minimum Gasteiger partial charge on any atom is -0.467 e. The van der Waals surface area contributed by atoms with E-state index in [1.807, 2.05) is 12.1 Å². The molecule has 0 aliphatic carbocycles. The standard InChI is InChI=1S/C14H12N2O2/c15-9-13(11-5-2-1-3-6-11)14(17)16-10-12-7-4-8-18-12/h1-8,13H,10H2,(H,16,17)/t13-/m0/s1. The maximum atomic E-state index is 11.9. The van der Waals surface area contributed by atoms with Crippen LogP contribution in [-0.2, 0) is 11.3 Å². The van der Waals surface area contributed by atoms with Crippen LogP contribution < -0.4 is 5.32 Å². The first kappa shape index (κ1) is 11.9. The zero-order chi connectivity index (χ0) is 12.8. The van der Waals surface area contributed by atoms with Crippen LogP contribution in [0.5, 0.6) is 0 Å². The first-order valence-corrected chi connectivity index (χ1v) is 5.56. The molecule has 2 rings (SSSR count). The molecule has 1 aromatic heterocycles. The van der Waals surface area contributed by atoms with Gasteiger partial charge in [-0.1, -0.05) is 30.3 Å². The van der Waals surface area contributed by atoms with E-state index in [9.17, 15) is 4.79 Å². The van der Waals surface area contributed by atoms with Gasteiger partial charge in [-0.2, -0.15) is 5.26 Å². The lowest BCUT2D eigenvalue weighted by Gasteiger charge is -2.09. The summed E-state index contributed by atoms with van der Waals surface area (Å²) in [6.45, 7) is 0.289. The van der Waals surface area contributed by atoms with Crippen LogP contribution in [0.1, 0.15) is 17.2 Å². The van der Waals surface area contributed by atoms with E-state index in [2.05, 4.69) is 5.32 Å². The molecular formula is C14H12N2O2. The van der Waals surface area contributed by atoms with E-state index in [4.69, 9.17) is 9.68 Å². The molecular weight excluding hydrogens is 228 g/mol. The van der Waals surface area contributed by atoms with Crippen molar-refractivity contribution in [3.63, 3.8) is 0 Å². The fourth-order valence-corrected chi connectivity index (χ4v) is 1.62. The molecule has 90 valence electrons. The molecule has 1 amide bonds. The number of furan rings is 1. The van der Waals surface area contributed by atoms with E-state index >= 15 is 0 Å². The number of nitriles is 1. The summed E-state index contributed by atoms with van der Waals surface area (Å²) in [4.78, 5) is 11.9. The minimum atomic E-state index is -0.791. The van der Waals surface area contributed by atoms with Gasteiger partial charge in [0.1, 0.15) is 11.7 Å². The number of nitrogens with one attached hydrogen (secondary N) is 1. The number of carbonyl (C=O) groups is 1. The predicted octanol–water partition coefficient (Wildman–Crippen LogP) is 2.20. The molecule has 0 spiro atoms. The largest absolute Gasteiger partial charge is 0.467 e. The smallest absolute Gasteiger partial charge is 0.242 e. The summed E-state index contributed by atoms with van der Waals surface area (Å²) in [5.41, 5.74) is 0.692. The highest BCUT2D eigenvalue weighted by atomic mass is 16.3. The molecule has 0 unspecified atom stereocenters. The molecule has 0 aliphatic heterocycles. The summed E-state index contributed by atoms with van der Waals surface area (Å²) in [5.74, 6) is -0.450. The van der Waals surface area contributed by atoms with Gasteiger partial charge >= 0.3 is 0 Å². The van der Waals surface area contributed by atoms with Gasteiger partial charge in [-0.05, 0) is 17.7 Å². The third-order valence-corrected chi connectivity index (χ3v) is 2.54. The molecule has 0 bridgehead atoms. The summed E-state index contributed by atoms with van der Waals surface area (Å²) < 4.78 is 5.11. The number of amides is 1. The van der Waals surface area contributed by atoms with Gasteiger partial charge in [-0.15, -0.1) is 0 Å². The molecule has 0 saturated carbocycles. The van der Waals surface area contributed by atoms with Gasteiger partial charge < -0.3 is 9.73 Å². The maximum Gasteiger partial charge on any atom is 0.242 e. The fraction of sp³-hybridized carbons (Fsp3) is 0.143. The van der Waals surface area contributed by atoms with Crippen molar-refractivity contribution < 1.29 is 9.21 Å². The van der Waals surface area contributed by atoms with E-state index in [-0.39, 0.29) is 12.5 Å². The zero-order valence-corrected chi connectivity index (χ0v) is 9.67. The van der Waals surface area contributed by atoms with Gasteiger partial charge in [0.2, 0.25) is 5.91 Å². The van der Waals surface area contributed by atoms with E-state index in [0.717, 1.165) is 0 Å². The Morgan fingerprint density at radius 1 is 1.28 bits per heavy atom. The summed E-state index contributed by atoms with van der Waals surface area (Å²) in [5, 5.41) is 11.8. The molecule has 18 heavy (non-hydrogen) atoms. The number of nitrogens with zero attached hydrogens (tertiary/aromatic N) is 1. The Kier molecular flexibility index (Phi) is 3.77. The lowest BCUT2D eigenvalue weighted by Crippen LogP contribution is -2.28. The third-order valence-electron chi connectivity index (χ3n) is 2.54. The van der Waals surface area contributed by atoms with Crippen LogP contribution in [0.4, 0.5) is 0 Å². The van der Waals surface area contributed by atoms with Crippen LogP contribution in [0.2, 0.25) is 0 Å². The molecule has 1 heterocycles. The quantitative estimate of drug-likeness (QED) is 0.890. The molecule has 0 saturated heterocycles. The highest BCUT2D eigenvalue weighted by Gasteiger charge is 2.19. The van der Waals surface area contributed by atoms with Crippen molar-refractivity contribution in [2.75, 3.05) is 0 Å². The molecule has 1 atom stereocenters. The average molecular weight is 240 g/mol. The van der Waals surface area contributed by atoms with E-state index < -0.39 is 5.92 Å². The van der Waals surface area contributed by atoms with E-state index in [1.165, 1.54) is 0 Å². The second-order valence-corrected chi connectivity index (χ2v) is 3.77. The molecule has 4 nitrogen and oxygen atoms in total. The number of benzene rings is 1. The normalized spacial score (nSPS) is 11.5. The summed E-state index contributed by atoms with van der Waals surface area (Å²) in [6.07, 6.45) is 1.54. The van der Waals surface area contributed by atoms with Gasteiger partial charge in [0, 0.05) is 0 Å². The number of rotatable bonds is 4. The van der Waals surface area contributed by atoms with Crippen molar-refractivity contribution in [1.29, 1.82) is 5.26 Å². The maximum absolute atomic E-state index is 11.9. The van der Waals surface area contributed by atoms with Crippen LogP contribution in [0.15, 0.2) is 53.1 Å². The molecule has 4 heteroatoms. The van der Waals surface area contributed by atoms with Gasteiger partial charge in [0.15, 0.2) is 0 Å². The van der Waals surface area contributed by atoms with Crippen LogP contribution in [-0.4, -0.2) is 5.91 Å². The highest BCUT2D eigenvalue weighted by molar-refractivity contribution is 5.86. The monoisotopic (exact) mass is 240 g/mol. The van der Waals surface area contributed by atoms with E-state index in [1.54, 1.807) is 42.7 Å². The molecule has 0 aliphatic rings. The second kappa shape index (κ2) is 5.69. The molecule has 0 fully saturated rings. The van der Waals surface area contributed by atoms with Crippen LogP contribution in [0.25, 0.3) is 0 Å². The van der Waals surface area contributed by atoms with Gasteiger partial charge in [-0.25, -0.2) is 0 Å². The van der Waals surface area contributed by atoms with Gasteiger partial charge in [0.05, 0.1) is 18.9 Å². The van der Waals surface area contributed by atoms with Crippen molar-refractivity contribution in [2.45, 2.75) is 12.5 Å². The number of carbonyl (C=O) groups excluding carboxylic acids is 1. The SMILES string of the molecule is N#C[C@H](C(=O)NCc1ccco1)c1ccccc1. The van der Waals surface area contributed by atoms with Gasteiger partial charge in [-0.3, -0.25) is 4.79 Å². The Hall–Kier alpha value is -2.54. The minimum absolute atomic E-state index is 0.289. The molecule has 1 N–H and O–H groups in total. The van der Waals surface area contributed by atoms with Crippen molar-refractivity contribution >= 4 is 5.91 Å². The molecule has 1 aromatic carbocycles. The first-order chi connectivity index (χ1) is 8.81. The Morgan fingerprint density at radius 3 is 2.67 bits per heavy atom. The lowest BCUT2D eigenvalue weighted by molar-refractivity contribution is -0.121. The van der Waals surface area contributed by atoms with Crippen LogP contribution in [0, 0.1) is 11.3 Å². The second-order valence-electron chi connectivity index (χ2n) is 3.77. The predicted molar refractivity (Wildman–Crippen MR) is 65.4 cm³/mol. The van der Waals surface area contributed by atoms with Crippen molar-refractivity contribution in [3.05, 3.63) is 60.1 Å². The van der Waals surface area contributed by atoms with Crippen LogP contribution in [0.3, 0.4) is 0 Å². The lowest BCUT2D eigenvalue weighted by atomic mass is 10.00. The number of hydrogen-bond donors (Lipinski definition) is 1. The third kappa shape index (κ3) is 2.77. The van der Waals surface area contributed by atoms with Crippen LogP contribution >= 0.6 is 0 Å². The zero-order valence-electron chi connectivity index (χ0n) is 9.67.